The summed E-state index contributed by atoms with van der Waals surface area (Å²) in [6, 6.07) is 6.26. The lowest BCUT2D eigenvalue weighted by atomic mass is 10.1. The molecule has 0 saturated heterocycles. The lowest BCUT2D eigenvalue weighted by Crippen LogP contribution is -2.06. The second-order valence-electron chi connectivity index (χ2n) is 2.91. The highest BCUT2D eigenvalue weighted by atomic mass is 19.3. The van der Waals surface area contributed by atoms with Crippen molar-refractivity contribution in [2.45, 2.75) is 12.8 Å². The minimum atomic E-state index is -2.35. The topological polar surface area (TPSA) is 43.1 Å². The summed E-state index contributed by atoms with van der Waals surface area (Å²) in [5.41, 5.74) is 5.94. The van der Waals surface area contributed by atoms with Crippen molar-refractivity contribution in [2.24, 2.45) is 5.73 Å². The van der Waals surface area contributed by atoms with Gasteiger partial charge in [0.15, 0.2) is 0 Å². The summed E-state index contributed by atoms with van der Waals surface area (Å²) in [4.78, 5) is 10.3. The van der Waals surface area contributed by atoms with E-state index in [1.54, 1.807) is 24.3 Å². The van der Waals surface area contributed by atoms with Crippen LogP contribution in [-0.2, 0) is 11.2 Å². The molecule has 1 aromatic carbocycles. The largest absolute Gasteiger partial charge is 0.359 e. The first-order valence-corrected chi connectivity index (χ1v) is 4.26. The van der Waals surface area contributed by atoms with Crippen LogP contribution in [-0.4, -0.2) is 12.3 Å². The summed E-state index contributed by atoms with van der Waals surface area (Å²) in [6.45, 7) is 0. The third kappa shape index (κ3) is 4.23. The van der Waals surface area contributed by atoms with Gasteiger partial charge >= 0.3 is 0 Å². The number of carbonyl (C=O) groups excluding carboxylic acids is 1. The van der Waals surface area contributed by atoms with Gasteiger partial charge in [-0.2, -0.15) is 0 Å². The highest BCUT2D eigenvalue weighted by molar-refractivity contribution is 5.92. The van der Waals surface area contributed by atoms with Gasteiger partial charge in [-0.25, -0.2) is 8.78 Å². The van der Waals surface area contributed by atoms with Gasteiger partial charge in [0, 0.05) is 12.0 Å². The molecule has 15 heavy (non-hydrogen) atoms. The first kappa shape index (κ1) is 11.2. The fourth-order valence-corrected chi connectivity index (χ4v) is 1.04. The minimum absolute atomic E-state index is 0.274. The molecule has 4 heteroatoms. The number of benzene rings is 1. The van der Waals surface area contributed by atoms with Gasteiger partial charge in [-0.1, -0.05) is 18.1 Å². The highest BCUT2D eigenvalue weighted by Crippen LogP contribution is 2.08. The predicted octanol–water partition coefficient (Wildman–Crippen LogP) is 1.33. The van der Waals surface area contributed by atoms with Gasteiger partial charge in [-0.05, 0) is 23.6 Å². The number of amides is 1. The number of nitrogens with two attached hydrogens (primary N) is 1. The average Bonchev–Trinajstić information content (AvgIpc) is 2.16. The summed E-state index contributed by atoms with van der Waals surface area (Å²) in [5.74, 6) is 3.96. The normalized spacial score (nSPS) is 9.53. The average molecular weight is 209 g/mol. The first-order chi connectivity index (χ1) is 7.08. The van der Waals surface area contributed by atoms with Crippen molar-refractivity contribution in [1.82, 2.24) is 0 Å². The molecule has 78 valence electrons. The predicted molar refractivity (Wildman–Crippen MR) is 52.2 cm³/mol. The second kappa shape index (κ2) is 5.11. The van der Waals surface area contributed by atoms with Crippen LogP contribution in [0.1, 0.15) is 11.1 Å². The molecule has 1 rings (SSSR count). The molecular formula is C11H9F2NO. The number of alkyl halides is 2. The molecule has 0 unspecified atom stereocenters. The molecule has 0 aliphatic carbocycles. The van der Waals surface area contributed by atoms with Crippen molar-refractivity contribution >= 4 is 5.91 Å². The maximum absolute atomic E-state index is 12.0. The Kier molecular flexibility index (Phi) is 3.81. The maximum atomic E-state index is 12.0. The Labute approximate surface area is 86.1 Å². The van der Waals surface area contributed by atoms with Crippen molar-refractivity contribution in [1.29, 1.82) is 0 Å². The van der Waals surface area contributed by atoms with Crippen LogP contribution in [0.15, 0.2) is 24.3 Å². The molecule has 2 nitrogen and oxygen atoms in total. The molecule has 0 aromatic heterocycles. The van der Waals surface area contributed by atoms with Gasteiger partial charge in [0.05, 0.1) is 0 Å². The lowest BCUT2D eigenvalue weighted by Gasteiger charge is -1.99. The van der Waals surface area contributed by atoms with Crippen LogP contribution >= 0.6 is 0 Å². The van der Waals surface area contributed by atoms with E-state index in [-0.39, 0.29) is 6.42 Å². The van der Waals surface area contributed by atoms with Crippen molar-refractivity contribution in [3.63, 3.8) is 0 Å². The molecule has 0 aliphatic rings. The molecule has 0 bridgehead atoms. The van der Waals surface area contributed by atoms with Gasteiger partial charge in [-0.3, -0.25) is 4.79 Å². The first-order valence-electron chi connectivity index (χ1n) is 4.26. The second-order valence-corrected chi connectivity index (χ2v) is 2.91. The van der Waals surface area contributed by atoms with Crippen molar-refractivity contribution < 1.29 is 13.6 Å². The van der Waals surface area contributed by atoms with E-state index in [2.05, 4.69) is 11.8 Å². The number of primary amides is 1. The van der Waals surface area contributed by atoms with Crippen LogP contribution in [0.3, 0.4) is 0 Å². The lowest BCUT2D eigenvalue weighted by molar-refractivity contribution is -0.112. The van der Waals surface area contributed by atoms with Gasteiger partial charge in [0.1, 0.15) is 0 Å². The molecule has 1 aromatic rings. The Morgan fingerprint density at radius 2 is 1.93 bits per heavy atom. The van der Waals surface area contributed by atoms with Crippen LogP contribution in [0.25, 0.3) is 0 Å². The smallest absolute Gasteiger partial charge is 0.293 e. The number of halogens is 2. The van der Waals surface area contributed by atoms with E-state index >= 15 is 0 Å². The molecule has 0 saturated carbocycles. The Morgan fingerprint density at radius 3 is 2.40 bits per heavy atom. The number of carbonyl (C=O) groups is 1. The van der Waals surface area contributed by atoms with E-state index in [1.807, 2.05) is 0 Å². The minimum Gasteiger partial charge on any atom is -0.359 e. The highest BCUT2D eigenvalue weighted by Gasteiger charge is 2.03. The molecule has 0 heterocycles. The molecule has 0 fully saturated rings. The van der Waals surface area contributed by atoms with Crippen LogP contribution < -0.4 is 5.73 Å². The summed E-state index contributed by atoms with van der Waals surface area (Å²) >= 11 is 0. The van der Waals surface area contributed by atoms with E-state index in [0.29, 0.717) is 11.1 Å². The summed E-state index contributed by atoms with van der Waals surface area (Å²) in [5, 5.41) is 0. The SMILES string of the molecule is NC(=O)C#Cc1ccc(CC(F)F)cc1. The zero-order chi connectivity index (χ0) is 11.3. The van der Waals surface area contributed by atoms with Gasteiger partial charge in [0.2, 0.25) is 6.43 Å². The van der Waals surface area contributed by atoms with E-state index < -0.39 is 12.3 Å². The third-order valence-electron chi connectivity index (χ3n) is 1.67. The number of hydrogen-bond donors (Lipinski definition) is 1. The summed E-state index contributed by atoms with van der Waals surface area (Å²) in [6.07, 6.45) is -2.63. The summed E-state index contributed by atoms with van der Waals surface area (Å²) < 4.78 is 24.0. The van der Waals surface area contributed by atoms with Gasteiger partial charge in [0.25, 0.3) is 5.91 Å². The summed E-state index contributed by atoms with van der Waals surface area (Å²) in [7, 11) is 0. The van der Waals surface area contributed by atoms with Gasteiger partial charge in [-0.15, -0.1) is 0 Å². The fraction of sp³-hybridized carbons (Fsp3) is 0.182. The van der Waals surface area contributed by atoms with Crippen LogP contribution in [0.2, 0.25) is 0 Å². The Balaban J connectivity index is 2.74. The number of hydrogen-bond acceptors (Lipinski definition) is 1. The molecule has 0 aliphatic heterocycles. The van der Waals surface area contributed by atoms with Crippen molar-refractivity contribution in [3.8, 4) is 11.8 Å². The Morgan fingerprint density at radius 1 is 1.33 bits per heavy atom. The molecule has 0 atom stereocenters. The van der Waals surface area contributed by atoms with E-state index in [9.17, 15) is 13.6 Å². The maximum Gasteiger partial charge on any atom is 0.293 e. The molecule has 2 N–H and O–H groups in total. The Bertz CT molecular complexity index is 401. The Hall–Kier alpha value is -1.89. The van der Waals surface area contributed by atoms with E-state index in [4.69, 9.17) is 5.73 Å². The molecule has 0 radical (unpaired) electrons. The van der Waals surface area contributed by atoms with E-state index in [0.717, 1.165) is 0 Å². The third-order valence-corrected chi connectivity index (χ3v) is 1.67. The van der Waals surface area contributed by atoms with Crippen LogP contribution in [0, 0.1) is 11.8 Å². The van der Waals surface area contributed by atoms with Gasteiger partial charge < -0.3 is 5.73 Å². The zero-order valence-corrected chi connectivity index (χ0v) is 7.84. The van der Waals surface area contributed by atoms with Crippen molar-refractivity contribution in [2.75, 3.05) is 0 Å². The molecular weight excluding hydrogens is 200 g/mol. The number of rotatable bonds is 2. The molecule has 0 spiro atoms. The standard InChI is InChI=1S/C11H9F2NO/c12-10(13)7-9-3-1-8(2-4-9)5-6-11(14)15/h1-4,10H,7H2,(H2,14,15). The zero-order valence-electron chi connectivity index (χ0n) is 7.84. The van der Waals surface area contributed by atoms with Crippen molar-refractivity contribution in [3.05, 3.63) is 35.4 Å². The molecule has 1 amide bonds. The van der Waals surface area contributed by atoms with Crippen LogP contribution in [0.5, 0.6) is 0 Å². The van der Waals surface area contributed by atoms with E-state index in [1.165, 1.54) is 0 Å². The quantitative estimate of drug-likeness (QED) is 0.733. The fourth-order valence-electron chi connectivity index (χ4n) is 1.04. The monoisotopic (exact) mass is 209 g/mol. The van der Waals surface area contributed by atoms with Crippen LogP contribution in [0.4, 0.5) is 8.78 Å².